The van der Waals surface area contributed by atoms with Crippen molar-refractivity contribution in [3.05, 3.63) is 41.3 Å². The summed E-state index contributed by atoms with van der Waals surface area (Å²) in [5.41, 5.74) is -0.234. The Bertz CT molecular complexity index is 332. The first-order chi connectivity index (χ1) is 4.75. The Kier molecular flexibility index (Phi) is 1.46. The summed E-state index contributed by atoms with van der Waals surface area (Å²) in [6.07, 6.45) is 1.50. The van der Waals surface area contributed by atoms with Crippen LogP contribution in [0.2, 0.25) is 0 Å². The van der Waals surface area contributed by atoms with E-state index in [9.17, 15) is 4.79 Å². The zero-order valence-electron chi connectivity index (χ0n) is 5.24. The number of aromatic nitrogens is 1. The van der Waals surface area contributed by atoms with Crippen molar-refractivity contribution in [3.63, 3.8) is 0 Å². The molecule has 0 unspecified atom stereocenters. The molecule has 10 heavy (non-hydrogen) atoms. The summed E-state index contributed by atoms with van der Waals surface area (Å²) >= 11 is 0. The Morgan fingerprint density at radius 3 is 2.90 bits per heavy atom. The lowest BCUT2D eigenvalue weighted by Crippen LogP contribution is -2.16. The summed E-state index contributed by atoms with van der Waals surface area (Å²) in [5.74, 6) is 0. The maximum atomic E-state index is 10.9. The summed E-state index contributed by atoms with van der Waals surface area (Å²) in [7, 11) is 3.38. The highest BCUT2D eigenvalue weighted by atomic mass is 16.1. The van der Waals surface area contributed by atoms with E-state index < -0.39 is 0 Å². The molecule has 0 saturated carbocycles. The quantitative estimate of drug-likeness (QED) is 0.479. The third-order valence-corrected chi connectivity index (χ3v) is 1.14. The number of hydrogen-bond acceptors (Lipinski definition) is 2. The van der Waals surface area contributed by atoms with Crippen LogP contribution in [-0.4, -0.2) is 4.57 Å². The number of nitriles is 1. The van der Waals surface area contributed by atoms with Gasteiger partial charge in [-0.25, -0.2) is 0 Å². The first-order valence-corrected chi connectivity index (χ1v) is 2.68. The first kappa shape index (κ1) is 6.43. The van der Waals surface area contributed by atoms with Gasteiger partial charge in [-0.05, 0) is 0 Å². The minimum Gasteiger partial charge on any atom is -0.454 e. The third kappa shape index (κ3) is 0.869. The lowest BCUT2D eigenvalue weighted by molar-refractivity contribution is 0.983. The van der Waals surface area contributed by atoms with Crippen molar-refractivity contribution >= 4 is 0 Å². The molecule has 0 amide bonds. The van der Waals surface area contributed by atoms with Gasteiger partial charge in [0.1, 0.15) is 0 Å². The van der Waals surface area contributed by atoms with Crippen LogP contribution in [0.1, 0.15) is 5.56 Å². The SMILES string of the molecule is [CH2-]n1cccc(C#N)c1=O. The molecule has 3 nitrogen and oxygen atoms in total. The predicted octanol–water partition coefficient (Wildman–Crippen LogP) is 0.360. The van der Waals surface area contributed by atoms with Gasteiger partial charge in [-0.15, -0.1) is 13.1 Å². The largest absolute Gasteiger partial charge is 0.454 e. The highest BCUT2D eigenvalue weighted by molar-refractivity contribution is 5.25. The van der Waals surface area contributed by atoms with Crippen molar-refractivity contribution in [2.75, 3.05) is 0 Å². The van der Waals surface area contributed by atoms with Crippen molar-refractivity contribution in [1.82, 2.24) is 4.57 Å². The molecule has 3 heteroatoms. The second kappa shape index (κ2) is 2.28. The van der Waals surface area contributed by atoms with Crippen LogP contribution in [0.4, 0.5) is 0 Å². The monoisotopic (exact) mass is 133 g/mol. The molecule has 0 aromatic carbocycles. The number of hydrogen-bond donors (Lipinski definition) is 0. The number of pyridine rings is 1. The smallest absolute Gasteiger partial charge is 0.158 e. The van der Waals surface area contributed by atoms with Crippen molar-refractivity contribution in [3.8, 4) is 6.07 Å². The topological polar surface area (TPSA) is 45.8 Å². The summed E-state index contributed by atoms with van der Waals surface area (Å²) in [4.78, 5) is 10.9. The molecule has 1 rings (SSSR count). The minimum absolute atomic E-state index is 0.123. The lowest BCUT2D eigenvalue weighted by atomic mass is 10.3. The van der Waals surface area contributed by atoms with Crippen LogP contribution in [-0.2, 0) is 0 Å². The lowest BCUT2D eigenvalue weighted by Gasteiger charge is -2.03. The van der Waals surface area contributed by atoms with E-state index in [1.165, 1.54) is 12.3 Å². The van der Waals surface area contributed by atoms with E-state index >= 15 is 0 Å². The van der Waals surface area contributed by atoms with Crippen LogP contribution in [0.15, 0.2) is 23.1 Å². The standard InChI is InChI=1S/C7H5N2O/c1-9-4-2-3-6(5-8)7(9)10/h2-4H,1H2/q-1. The molecule has 0 N–H and O–H groups in total. The molecule has 0 spiro atoms. The molecular weight excluding hydrogens is 128 g/mol. The fraction of sp³-hybridized carbons (Fsp3) is 0. The van der Waals surface area contributed by atoms with Gasteiger partial charge in [0.2, 0.25) is 0 Å². The fourth-order valence-electron chi connectivity index (χ4n) is 0.622. The minimum atomic E-state index is -0.356. The Hall–Kier alpha value is -1.69. The van der Waals surface area contributed by atoms with E-state index in [2.05, 4.69) is 7.05 Å². The Labute approximate surface area is 58.1 Å². The number of nitrogens with zero attached hydrogens (tertiary/aromatic N) is 2. The van der Waals surface area contributed by atoms with Gasteiger partial charge in [0.05, 0.1) is 11.6 Å². The average molecular weight is 133 g/mol. The molecule has 0 radical (unpaired) electrons. The van der Waals surface area contributed by atoms with Gasteiger partial charge in [-0.1, -0.05) is 12.3 Å². The van der Waals surface area contributed by atoms with E-state index in [0.717, 1.165) is 4.57 Å². The number of rotatable bonds is 0. The van der Waals surface area contributed by atoms with Gasteiger partial charge in [0.15, 0.2) is 5.56 Å². The van der Waals surface area contributed by atoms with E-state index in [-0.39, 0.29) is 11.1 Å². The van der Waals surface area contributed by atoms with Crippen molar-refractivity contribution < 1.29 is 0 Å². The third-order valence-electron chi connectivity index (χ3n) is 1.14. The molecule has 1 aromatic heterocycles. The average Bonchev–Trinajstić information content (AvgIpc) is 1.95. The molecule has 0 aliphatic heterocycles. The van der Waals surface area contributed by atoms with E-state index in [1.54, 1.807) is 12.1 Å². The summed E-state index contributed by atoms with van der Waals surface area (Å²) in [6.45, 7) is 0. The van der Waals surface area contributed by atoms with Gasteiger partial charge in [-0.3, -0.25) is 0 Å². The molecule has 1 heterocycles. The molecule has 50 valence electrons. The Morgan fingerprint density at radius 2 is 2.40 bits per heavy atom. The van der Waals surface area contributed by atoms with Gasteiger partial charge in [0, 0.05) is 0 Å². The summed E-state index contributed by atoms with van der Waals surface area (Å²) < 4.78 is 1.12. The Balaban J connectivity index is 3.47. The summed E-state index contributed by atoms with van der Waals surface area (Å²) in [5, 5.41) is 8.35. The molecule has 0 atom stereocenters. The highest BCUT2D eigenvalue weighted by Gasteiger charge is 1.88. The first-order valence-electron chi connectivity index (χ1n) is 2.68. The van der Waals surface area contributed by atoms with E-state index in [0.29, 0.717) is 0 Å². The van der Waals surface area contributed by atoms with Crippen molar-refractivity contribution in [2.45, 2.75) is 0 Å². The molecule has 0 bridgehead atoms. The van der Waals surface area contributed by atoms with E-state index in [4.69, 9.17) is 5.26 Å². The molecular formula is C7H5N2O-. The molecule has 0 aliphatic carbocycles. The van der Waals surface area contributed by atoms with Gasteiger partial charge < -0.3 is 9.36 Å². The van der Waals surface area contributed by atoms with Crippen molar-refractivity contribution in [1.29, 1.82) is 5.26 Å². The second-order valence-electron chi connectivity index (χ2n) is 1.81. The molecule has 0 saturated heterocycles. The predicted molar refractivity (Wildman–Crippen MR) is 36.2 cm³/mol. The second-order valence-corrected chi connectivity index (χ2v) is 1.81. The van der Waals surface area contributed by atoms with Crippen LogP contribution >= 0.6 is 0 Å². The van der Waals surface area contributed by atoms with Gasteiger partial charge >= 0.3 is 0 Å². The van der Waals surface area contributed by atoms with Crippen LogP contribution < -0.4 is 5.56 Å². The highest BCUT2D eigenvalue weighted by Crippen LogP contribution is 1.86. The van der Waals surface area contributed by atoms with Crippen LogP contribution in [0, 0.1) is 18.4 Å². The maximum Gasteiger partial charge on any atom is 0.158 e. The molecule has 0 aliphatic rings. The Morgan fingerprint density at radius 1 is 1.70 bits per heavy atom. The maximum absolute atomic E-state index is 10.9. The fourth-order valence-corrected chi connectivity index (χ4v) is 0.622. The van der Waals surface area contributed by atoms with E-state index in [1.807, 2.05) is 0 Å². The molecule has 0 fully saturated rings. The normalized spacial score (nSPS) is 8.70. The van der Waals surface area contributed by atoms with Crippen LogP contribution in [0.5, 0.6) is 0 Å². The summed E-state index contributed by atoms with van der Waals surface area (Å²) in [6, 6.07) is 4.83. The molecule has 1 aromatic rings. The van der Waals surface area contributed by atoms with Crippen LogP contribution in [0.3, 0.4) is 0 Å². The van der Waals surface area contributed by atoms with Gasteiger partial charge in [-0.2, -0.15) is 5.26 Å². The van der Waals surface area contributed by atoms with Gasteiger partial charge in [0.25, 0.3) is 0 Å². The van der Waals surface area contributed by atoms with Crippen LogP contribution in [0.25, 0.3) is 0 Å². The zero-order chi connectivity index (χ0) is 7.56. The zero-order valence-corrected chi connectivity index (χ0v) is 5.24. The van der Waals surface area contributed by atoms with Crippen molar-refractivity contribution in [2.24, 2.45) is 0 Å².